The van der Waals surface area contributed by atoms with Crippen LogP contribution in [0.2, 0.25) is 0 Å². The topological polar surface area (TPSA) is 133 Å². The monoisotopic (exact) mass is 207 g/mol. The van der Waals surface area contributed by atoms with E-state index in [1.165, 1.54) is 0 Å². The molecule has 82 valence electrons. The second-order valence-corrected chi connectivity index (χ2v) is 3.15. The minimum absolute atomic E-state index is 0.575. The molecule has 1 aliphatic heterocycles. The van der Waals surface area contributed by atoms with Gasteiger partial charge in [-0.1, -0.05) is 0 Å². The Labute approximate surface area is 79.7 Å². The molecular weight excluding hydrogens is 194 g/mol. The van der Waals surface area contributed by atoms with E-state index in [0.717, 1.165) is 0 Å². The molecule has 0 radical (unpaired) electrons. The molecule has 0 aliphatic carbocycles. The molecule has 6 N–H and O–H groups in total. The summed E-state index contributed by atoms with van der Waals surface area (Å²) < 4.78 is 4.81. The zero-order chi connectivity index (χ0) is 10.9. The average molecular weight is 207 g/mol. The summed E-state index contributed by atoms with van der Waals surface area (Å²) in [5.41, 5.74) is 4.88. The molecule has 5 atom stereocenters. The minimum Gasteiger partial charge on any atom is -0.394 e. The van der Waals surface area contributed by atoms with Gasteiger partial charge in [-0.25, -0.2) is 0 Å². The largest absolute Gasteiger partial charge is 0.394 e. The number of carbonyl (C=O) groups excluding carboxylic acids is 1. The molecule has 1 heterocycles. The molecule has 0 aromatic heterocycles. The van der Waals surface area contributed by atoms with Gasteiger partial charge in [0.05, 0.1) is 6.61 Å². The van der Waals surface area contributed by atoms with Gasteiger partial charge in [0.1, 0.15) is 24.4 Å². The Morgan fingerprint density at radius 3 is 2.21 bits per heavy atom. The summed E-state index contributed by atoms with van der Waals surface area (Å²) in [6.45, 7) is -0.575. The lowest BCUT2D eigenvalue weighted by Gasteiger charge is -2.38. The van der Waals surface area contributed by atoms with E-state index in [1.807, 2.05) is 0 Å². The van der Waals surface area contributed by atoms with Crippen LogP contribution in [0, 0.1) is 0 Å². The third-order valence-corrected chi connectivity index (χ3v) is 2.17. The van der Waals surface area contributed by atoms with Crippen LogP contribution >= 0.6 is 0 Å². The summed E-state index contributed by atoms with van der Waals surface area (Å²) in [4.78, 5) is 10.7. The molecule has 1 saturated heterocycles. The molecule has 0 aromatic rings. The Kier molecular flexibility index (Phi) is 3.40. The highest BCUT2D eigenvalue weighted by atomic mass is 16.5. The molecule has 7 heteroatoms. The van der Waals surface area contributed by atoms with Gasteiger partial charge < -0.3 is 30.9 Å². The maximum atomic E-state index is 10.7. The predicted molar refractivity (Wildman–Crippen MR) is 43.0 cm³/mol. The van der Waals surface area contributed by atoms with Crippen molar-refractivity contribution in [3.05, 3.63) is 0 Å². The molecule has 1 fully saturated rings. The maximum absolute atomic E-state index is 10.7. The van der Waals surface area contributed by atoms with Crippen LogP contribution in [0.3, 0.4) is 0 Å². The Balaban J connectivity index is 2.78. The first kappa shape index (κ1) is 11.3. The molecule has 0 unspecified atom stereocenters. The van der Waals surface area contributed by atoms with E-state index < -0.39 is 43.0 Å². The fourth-order valence-corrected chi connectivity index (χ4v) is 1.34. The van der Waals surface area contributed by atoms with Crippen LogP contribution in [-0.4, -0.2) is 63.5 Å². The number of ether oxygens (including phenoxy) is 1. The normalized spacial score (nSPS) is 43.6. The van der Waals surface area contributed by atoms with Gasteiger partial charge in [0.25, 0.3) is 0 Å². The number of primary amides is 1. The van der Waals surface area contributed by atoms with Crippen molar-refractivity contribution in [3.8, 4) is 0 Å². The molecule has 0 spiro atoms. The Morgan fingerprint density at radius 2 is 1.79 bits per heavy atom. The number of amides is 1. The number of aliphatic hydroxyl groups is 4. The van der Waals surface area contributed by atoms with Crippen molar-refractivity contribution in [3.63, 3.8) is 0 Å². The summed E-state index contributed by atoms with van der Waals surface area (Å²) in [6.07, 6.45) is -7.11. The zero-order valence-electron chi connectivity index (χ0n) is 7.28. The Morgan fingerprint density at radius 1 is 1.21 bits per heavy atom. The van der Waals surface area contributed by atoms with Crippen LogP contribution in [0.1, 0.15) is 0 Å². The van der Waals surface area contributed by atoms with E-state index in [2.05, 4.69) is 0 Å². The first-order chi connectivity index (χ1) is 6.49. The summed E-state index contributed by atoms with van der Waals surface area (Å²) in [6, 6.07) is 0. The lowest BCUT2D eigenvalue weighted by molar-refractivity contribution is -0.225. The standard InChI is InChI=1S/C7H13NO6/c8-7(13)6-5(12)4(11)3(10)2(1-9)14-6/h2-6,9-12H,1H2,(H2,8,13)/t2-,3+,4+,5+,6-/m1/s1. The van der Waals surface area contributed by atoms with Crippen LogP contribution in [-0.2, 0) is 9.53 Å². The lowest BCUT2D eigenvalue weighted by atomic mass is 9.95. The van der Waals surface area contributed by atoms with Gasteiger partial charge in [-0.15, -0.1) is 0 Å². The van der Waals surface area contributed by atoms with Gasteiger partial charge in [0.2, 0.25) is 5.91 Å². The second kappa shape index (κ2) is 4.20. The predicted octanol–water partition coefficient (Wildman–Crippen LogP) is -3.69. The van der Waals surface area contributed by atoms with E-state index >= 15 is 0 Å². The van der Waals surface area contributed by atoms with Crippen molar-refractivity contribution in [2.24, 2.45) is 5.73 Å². The van der Waals surface area contributed by atoms with Gasteiger partial charge in [-0.05, 0) is 0 Å². The third kappa shape index (κ3) is 1.86. The first-order valence-corrected chi connectivity index (χ1v) is 4.09. The molecule has 1 amide bonds. The smallest absolute Gasteiger partial charge is 0.249 e. The van der Waals surface area contributed by atoms with Crippen molar-refractivity contribution < 1.29 is 30.0 Å². The summed E-state index contributed by atoms with van der Waals surface area (Å²) in [7, 11) is 0. The number of carbonyl (C=O) groups is 1. The Hall–Kier alpha value is -0.730. The highest BCUT2D eigenvalue weighted by Gasteiger charge is 2.45. The molecule has 0 aromatic carbocycles. The lowest BCUT2D eigenvalue weighted by Crippen LogP contribution is -2.61. The number of hydrogen-bond donors (Lipinski definition) is 5. The number of rotatable bonds is 2. The SMILES string of the molecule is NC(=O)[C@@H]1O[C@H](CO)[C@H](O)[C@H](O)[C@@H]1O. The molecule has 1 rings (SSSR count). The van der Waals surface area contributed by atoms with Gasteiger partial charge in [0, 0.05) is 0 Å². The Bertz CT molecular complexity index is 220. The van der Waals surface area contributed by atoms with Crippen LogP contribution in [0.5, 0.6) is 0 Å². The summed E-state index contributed by atoms with van der Waals surface area (Å²) in [5, 5.41) is 36.5. The van der Waals surface area contributed by atoms with Gasteiger partial charge >= 0.3 is 0 Å². The fraction of sp³-hybridized carbons (Fsp3) is 0.857. The summed E-state index contributed by atoms with van der Waals surface area (Å²) >= 11 is 0. The number of nitrogens with two attached hydrogens (primary N) is 1. The van der Waals surface area contributed by atoms with E-state index in [1.54, 1.807) is 0 Å². The first-order valence-electron chi connectivity index (χ1n) is 4.09. The van der Waals surface area contributed by atoms with Crippen LogP contribution in [0.4, 0.5) is 0 Å². The van der Waals surface area contributed by atoms with Crippen LogP contribution < -0.4 is 5.73 Å². The molecule has 0 saturated carbocycles. The van der Waals surface area contributed by atoms with Crippen molar-refractivity contribution in [2.45, 2.75) is 30.5 Å². The second-order valence-electron chi connectivity index (χ2n) is 3.15. The van der Waals surface area contributed by atoms with E-state index in [0.29, 0.717) is 0 Å². The number of hydrogen-bond acceptors (Lipinski definition) is 6. The van der Waals surface area contributed by atoms with Crippen molar-refractivity contribution in [1.82, 2.24) is 0 Å². The van der Waals surface area contributed by atoms with Gasteiger partial charge in [0.15, 0.2) is 6.10 Å². The van der Waals surface area contributed by atoms with E-state index in [4.69, 9.17) is 15.6 Å². The fourth-order valence-electron chi connectivity index (χ4n) is 1.34. The third-order valence-electron chi connectivity index (χ3n) is 2.17. The maximum Gasteiger partial charge on any atom is 0.249 e. The van der Waals surface area contributed by atoms with Crippen LogP contribution in [0.25, 0.3) is 0 Å². The molecule has 7 nitrogen and oxygen atoms in total. The van der Waals surface area contributed by atoms with Crippen molar-refractivity contribution in [2.75, 3.05) is 6.61 Å². The molecule has 0 bridgehead atoms. The van der Waals surface area contributed by atoms with Crippen molar-refractivity contribution in [1.29, 1.82) is 0 Å². The van der Waals surface area contributed by atoms with Crippen molar-refractivity contribution >= 4 is 5.91 Å². The molecule has 14 heavy (non-hydrogen) atoms. The molecule has 1 aliphatic rings. The minimum atomic E-state index is -1.58. The van der Waals surface area contributed by atoms with Crippen LogP contribution in [0.15, 0.2) is 0 Å². The highest BCUT2D eigenvalue weighted by molar-refractivity contribution is 5.79. The number of aliphatic hydroxyl groups excluding tert-OH is 4. The average Bonchev–Trinajstić information content (AvgIpc) is 2.14. The van der Waals surface area contributed by atoms with E-state index in [9.17, 15) is 20.1 Å². The molecular formula is C7H13NO6. The zero-order valence-corrected chi connectivity index (χ0v) is 7.28. The van der Waals surface area contributed by atoms with Gasteiger partial charge in [-0.3, -0.25) is 4.79 Å². The highest BCUT2D eigenvalue weighted by Crippen LogP contribution is 2.20. The quantitative estimate of drug-likeness (QED) is 0.316. The van der Waals surface area contributed by atoms with E-state index in [-0.39, 0.29) is 0 Å². The van der Waals surface area contributed by atoms with Gasteiger partial charge in [-0.2, -0.15) is 0 Å². The summed E-state index contributed by atoms with van der Waals surface area (Å²) in [5.74, 6) is -0.957.